The van der Waals surface area contributed by atoms with Gasteiger partial charge in [0.1, 0.15) is 5.75 Å². The Labute approximate surface area is 159 Å². The second-order valence-corrected chi connectivity index (χ2v) is 8.13. The lowest BCUT2D eigenvalue weighted by Gasteiger charge is -2.28. The Morgan fingerprint density at radius 3 is 2.38 bits per heavy atom. The first-order chi connectivity index (χ1) is 12.7. The molecule has 0 aromatic heterocycles. The van der Waals surface area contributed by atoms with Crippen LogP contribution < -0.4 is 4.74 Å². The second kappa shape index (κ2) is 9.26. The average Bonchev–Trinajstić information content (AvgIpc) is 2.69. The molecule has 1 heteroatoms. The smallest absolute Gasteiger partial charge is 0.119 e. The molecule has 2 aromatic rings. The molecule has 1 nitrogen and oxygen atoms in total. The molecule has 0 spiro atoms. The third-order valence-electron chi connectivity index (χ3n) is 6.20. The summed E-state index contributed by atoms with van der Waals surface area (Å²) in [5.41, 5.74) is 4.34. The van der Waals surface area contributed by atoms with Crippen LogP contribution in [-0.2, 0) is 6.42 Å². The summed E-state index contributed by atoms with van der Waals surface area (Å²) >= 11 is 0. The van der Waals surface area contributed by atoms with Crippen LogP contribution in [0.15, 0.2) is 48.5 Å². The van der Waals surface area contributed by atoms with Crippen molar-refractivity contribution in [2.24, 2.45) is 5.92 Å². The molecule has 1 aliphatic carbocycles. The van der Waals surface area contributed by atoms with Crippen molar-refractivity contribution in [3.63, 3.8) is 0 Å². The van der Waals surface area contributed by atoms with E-state index in [1.54, 1.807) is 12.7 Å². The van der Waals surface area contributed by atoms with E-state index in [4.69, 9.17) is 4.74 Å². The molecule has 1 atom stereocenters. The molecule has 1 unspecified atom stereocenters. The van der Waals surface area contributed by atoms with Gasteiger partial charge in [-0.1, -0.05) is 63.1 Å². The van der Waals surface area contributed by atoms with Gasteiger partial charge in [0.05, 0.1) is 7.11 Å². The zero-order valence-corrected chi connectivity index (χ0v) is 16.7. The SMILES string of the molecule is CCCC1CCC(c2ccc(CC(C)c3cccc(OC)c3)cc2)CC1. The van der Waals surface area contributed by atoms with Crippen molar-refractivity contribution in [1.29, 1.82) is 0 Å². The fourth-order valence-corrected chi connectivity index (χ4v) is 4.54. The average molecular weight is 351 g/mol. The Morgan fingerprint density at radius 2 is 1.73 bits per heavy atom. The molecule has 2 aromatic carbocycles. The molecule has 1 fully saturated rings. The summed E-state index contributed by atoms with van der Waals surface area (Å²) in [7, 11) is 1.73. The van der Waals surface area contributed by atoms with Crippen LogP contribution in [-0.4, -0.2) is 7.11 Å². The summed E-state index contributed by atoms with van der Waals surface area (Å²) in [4.78, 5) is 0. The predicted molar refractivity (Wildman–Crippen MR) is 111 cm³/mol. The van der Waals surface area contributed by atoms with Gasteiger partial charge in [0, 0.05) is 0 Å². The quantitative estimate of drug-likeness (QED) is 0.517. The van der Waals surface area contributed by atoms with Crippen LogP contribution in [0.4, 0.5) is 0 Å². The van der Waals surface area contributed by atoms with E-state index in [0.717, 1.165) is 24.0 Å². The number of ether oxygens (including phenoxy) is 1. The Kier molecular flexibility index (Phi) is 6.77. The summed E-state index contributed by atoms with van der Waals surface area (Å²) in [5.74, 6) is 3.22. The minimum Gasteiger partial charge on any atom is -0.497 e. The lowest BCUT2D eigenvalue weighted by atomic mass is 9.77. The van der Waals surface area contributed by atoms with Crippen molar-refractivity contribution in [1.82, 2.24) is 0 Å². The molecule has 0 amide bonds. The third-order valence-corrected chi connectivity index (χ3v) is 6.20. The van der Waals surface area contributed by atoms with Crippen LogP contribution in [0, 0.1) is 5.92 Å². The monoisotopic (exact) mass is 350 g/mol. The van der Waals surface area contributed by atoms with Gasteiger partial charge in [0.25, 0.3) is 0 Å². The van der Waals surface area contributed by atoms with Gasteiger partial charge in [-0.15, -0.1) is 0 Å². The molecule has 0 aliphatic heterocycles. The lowest BCUT2D eigenvalue weighted by Crippen LogP contribution is -2.13. The van der Waals surface area contributed by atoms with E-state index < -0.39 is 0 Å². The molecule has 0 radical (unpaired) electrons. The minimum absolute atomic E-state index is 0.500. The molecule has 1 saturated carbocycles. The maximum Gasteiger partial charge on any atom is 0.119 e. The maximum atomic E-state index is 5.36. The normalized spacial score (nSPS) is 21.3. The zero-order chi connectivity index (χ0) is 18.4. The molecular formula is C25H34O. The Balaban J connectivity index is 1.57. The number of hydrogen-bond donors (Lipinski definition) is 0. The van der Waals surface area contributed by atoms with Crippen LogP contribution >= 0.6 is 0 Å². The number of methoxy groups -OCH3 is 1. The van der Waals surface area contributed by atoms with Crippen LogP contribution in [0.25, 0.3) is 0 Å². The molecule has 0 N–H and O–H groups in total. The summed E-state index contributed by atoms with van der Waals surface area (Å²) in [6, 6.07) is 17.9. The van der Waals surface area contributed by atoms with Crippen LogP contribution in [0.2, 0.25) is 0 Å². The highest BCUT2D eigenvalue weighted by atomic mass is 16.5. The van der Waals surface area contributed by atoms with E-state index in [0.29, 0.717) is 5.92 Å². The van der Waals surface area contributed by atoms with Crippen molar-refractivity contribution in [3.05, 3.63) is 65.2 Å². The van der Waals surface area contributed by atoms with E-state index in [9.17, 15) is 0 Å². The van der Waals surface area contributed by atoms with Crippen molar-refractivity contribution in [2.45, 2.75) is 70.6 Å². The third kappa shape index (κ3) is 4.90. The number of rotatable bonds is 7. The first-order valence-electron chi connectivity index (χ1n) is 10.4. The van der Waals surface area contributed by atoms with Gasteiger partial charge in [0.15, 0.2) is 0 Å². The topological polar surface area (TPSA) is 9.23 Å². The van der Waals surface area contributed by atoms with Crippen molar-refractivity contribution in [3.8, 4) is 5.75 Å². The molecular weight excluding hydrogens is 316 g/mol. The maximum absolute atomic E-state index is 5.36. The second-order valence-electron chi connectivity index (χ2n) is 8.13. The van der Waals surface area contributed by atoms with Gasteiger partial charge in [-0.05, 0) is 78.7 Å². The lowest BCUT2D eigenvalue weighted by molar-refractivity contribution is 0.308. The fraction of sp³-hybridized carbons (Fsp3) is 0.520. The standard InChI is InChI=1S/C25H34O/c1-4-6-20-9-13-22(14-10-20)23-15-11-21(12-16-23)17-19(2)24-7-5-8-25(18-24)26-3/h5,7-8,11-12,15-16,18-20,22H,4,6,9-10,13-14,17H2,1-3H3. The van der Waals surface area contributed by atoms with Gasteiger partial charge < -0.3 is 4.74 Å². The highest BCUT2D eigenvalue weighted by Crippen LogP contribution is 2.37. The number of hydrogen-bond acceptors (Lipinski definition) is 1. The van der Waals surface area contributed by atoms with Gasteiger partial charge in [-0.3, -0.25) is 0 Å². The van der Waals surface area contributed by atoms with Crippen molar-refractivity contribution >= 4 is 0 Å². The summed E-state index contributed by atoms with van der Waals surface area (Å²) in [6.07, 6.45) is 9.45. The molecule has 0 heterocycles. The van der Waals surface area contributed by atoms with E-state index in [1.807, 2.05) is 6.07 Å². The molecule has 0 bridgehead atoms. The molecule has 26 heavy (non-hydrogen) atoms. The van der Waals surface area contributed by atoms with E-state index >= 15 is 0 Å². The summed E-state index contributed by atoms with van der Waals surface area (Å²) < 4.78 is 5.36. The minimum atomic E-state index is 0.500. The van der Waals surface area contributed by atoms with Crippen LogP contribution in [0.1, 0.15) is 80.9 Å². The van der Waals surface area contributed by atoms with Crippen LogP contribution in [0.5, 0.6) is 5.75 Å². The van der Waals surface area contributed by atoms with Gasteiger partial charge in [0.2, 0.25) is 0 Å². The fourth-order valence-electron chi connectivity index (χ4n) is 4.54. The molecule has 3 rings (SSSR count). The van der Waals surface area contributed by atoms with Crippen molar-refractivity contribution < 1.29 is 4.74 Å². The Hall–Kier alpha value is -1.76. The van der Waals surface area contributed by atoms with Gasteiger partial charge >= 0.3 is 0 Å². The largest absolute Gasteiger partial charge is 0.497 e. The predicted octanol–water partition coefficient (Wildman–Crippen LogP) is 7.12. The molecule has 1 aliphatic rings. The van der Waals surface area contributed by atoms with Crippen LogP contribution in [0.3, 0.4) is 0 Å². The van der Waals surface area contributed by atoms with E-state index in [2.05, 4.69) is 56.3 Å². The highest BCUT2D eigenvalue weighted by molar-refractivity contribution is 5.33. The zero-order valence-electron chi connectivity index (χ0n) is 16.7. The Bertz CT molecular complexity index is 665. The first kappa shape index (κ1) is 19.0. The highest BCUT2D eigenvalue weighted by Gasteiger charge is 2.21. The summed E-state index contributed by atoms with van der Waals surface area (Å²) in [6.45, 7) is 4.62. The van der Waals surface area contributed by atoms with E-state index in [-0.39, 0.29) is 0 Å². The molecule has 0 saturated heterocycles. The first-order valence-corrected chi connectivity index (χ1v) is 10.4. The van der Waals surface area contributed by atoms with Gasteiger partial charge in [-0.25, -0.2) is 0 Å². The number of benzene rings is 2. The van der Waals surface area contributed by atoms with Crippen molar-refractivity contribution in [2.75, 3.05) is 7.11 Å². The Morgan fingerprint density at radius 1 is 1.00 bits per heavy atom. The molecule has 140 valence electrons. The van der Waals surface area contributed by atoms with Gasteiger partial charge in [-0.2, -0.15) is 0 Å². The van der Waals surface area contributed by atoms with E-state index in [1.165, 1.54) is 49.7 Å². The summed E-state index contributed by atoms with van der Waals surface area (Å²) in [5, 5.41) is 0.